The van der Waals surface area contributed by atoms with Gasteiger partial charge in [-0.1, -0.05) is 6.92 Å². The van der Waals surface area contributed by atoms with Crippen molar-refractivity contribution in [3.05, 3.63) is 29.3 Å². The number of hydrogen-bond acceptors (Lipinski definition) is 3. The fraction of sp³-hybridized carbons (Fsp3) is 0.533. The Bertz CT molecular complexity index is 407. The average Bonchev–Trinajstić information content (AvgIpc) is 2.41. The van der Waals surface area contributed by atoms with E-state index in [2.05, 4.69) is 23.8 Å². The van der Waals surface area contributed by atoms with Crippen LogP contribution in [0.3, 0.4) is 0 Å². The Morgan fingerprint density at radius 1 is 1.32 bits per heavy atom. The highest BCUT2D eigenvalue weighted by Gasteiger charge is 2.08. The monoisotopic (exact) mass is 280 g/mol. The van der Waals surface area contributed by atoms with Gasteiger partial charge < -0.3 is 10.6 Å². The summed E-state index contributed by atoms with van der Waals surface area (Å²) in [6.07, 6.45) is 4.19. The van der Waals surface area contributed by atoms with Gasteiger partial charge >= 0.3 is 0 Å². The number of carbonyl (C=O) groups excluding carboxylic acids is 1. The molecule has 19 heavy (non-hydrogen) atoms. The summed E-state index contributed by atoms with van der Waals surface area (Å²) < 4.78 is 0. The molecule has 0 aliphatic rings. The van der Waals surface area contributed by atoms with Gasteiger partial charge in [-0.25, -0.2) is 0 Å². The molecular weight excluding hydrogens is 256 g/mol. The van der Waals surface area contributed by atoms with E-state index in [0.29, 0.717) is 0 Å². The van der Waals surface area contributed by atoms with Gasteiger partial charge in [0.05, 0.1) is 0 Å². The first-order chi connectivity index (χ1) is 9.19. The molecule has 3 nitrogen and oxygen atoms in total. The molecule has 1 aromatic rings. The van der Waals surface area contributed by atoms with Crippen LogP contribution in [-0.4, -0.2) is 31.0 Å². The van der Waals surface area contributed by atoms with Gasteiger partial charge in [-0.15, -0.1) is 0 Å². The van der Waals surface area contributed by atoms with Crippen molar-refractivity contribution in [1.29, 1.82) is 0 Å². The van der Waals surface area contributed by atoms with E-state index in [1.54, 1.807) is 11.8 Å². The summed E-state index contributed by atoms with van der Waals surface area (Å²) in [5.41, 5.74) is 2.87. The molecule has 106 valence electrons. The van der Waals surface area contributed by atoms with Crippen molar-refractivity contribution >= 4 is 23.4 Å². The number of benzene rings is 1. The molecule has 0 saturated carbocycles. The first-order valence-corrected chi connectivity index (χ1v) is 8.20. The molecule has 0 bridgehead atoms. The summed E-state index contributed by atoms with van der Waals surface area (Å²) in [4.78, 5) is 12.0. The van der Waals surface area contributed by atoms with E-state index in [-0.39, 0.29) is 5.91 Å². The summed E-state index contributed by atoms with van der Waals surface area (Å²) >= 11 is 1.80. The van der Waals surface area contributed by atoms with Crippen LogP contribution >= 0.6 is 11.8 Å². The fourth-order valence-corrected chi connectivity index (χ4v) is 2.24. The van der Waals surface area contributed by atoms with Crippen LogP contribution in [0.4, 0.5) is 5.69 Å². The van der Waals surface area contributed by atoms with Crippen LogP contribution in [0, 0.1) is 6.92 Å². The lowest BCUT2D eigenvalue weighted by atomic mass is 10.1. The standard InChI is InChI=1S/C15H24N2OS/c1-4-8-16-13-6-7-14(12(2)11-13)15(18)17-9-5-10-19-3/h6-7,11,16H,4-5,8-10H2,1-3H3,(H,17,18). The molecule has 0 saturated heterocycles. The topological polar surface area (TPSA) is 41.1 Å². The number of thioether (sulfide) groups is 1. The predicted octanol–water partition coefficient (Wildman–Crippen LogP) is 3.30. The number of nitrogens with one attached hydrogen (secondary N) is 2. The lowest BCUT2D eigenvalue weighted by molar-refractivity contribution is 0.0953. The molecule has 1 aromatic carbocycles. The molecule has 0 aliphatic heterocycles. The Kier molecular flexibility index (Phi) is 7.41. The van der Waals surface area contributed by atoms with Crippen molar-refractivity contribution in [1.82, 2.24) is 5.32 Å². The molecule has 1 rings (SSSR count). The van der Waals surface area contributed by atoms with Gasteiger partial charge in [-0.3, -0.25) is 4.79 Å². The van der Waals surface area contributed by atoms with E-state index in [1.807, 2.05) is 25.1 Å². The average molecular weight is 280 g/mol. The molecular formula is C15H24N2OS. The van der Waals surface area contributed by atoms with Gasteiger partial charge in [0.1, 0.15) is 0 Å². The third-order valence-corrected chi connectivity index (χ3v) is 3.56. The zero-order valence-corrected chi connectivity index (χ0v) is 12.9. The van der Waals surface area contributed by atoms with Gasteiger partial charge in [-0.05, 0) is 55.5 Å². The van der Waals surface area contributed by atoms with Crippen molar-refractivity contribution < 1.29 is 4.79 Å². The van der Waals surface area contributed by atoms with E-state index in [9.17, 15) is 4.79 Å². The number of amides is 1. The normalized spacial score (nSPS) is 10.3. The van der Waals surface area contributed by atoms with Crippen LogP contribution in [0.1, 0.15) is 35.7 Å². The fourth-order valence-electron chi connectivity index (χ4n) is 1.81. The minimum atomic E-state index is 0.0284. The molecule has 0 spiro atoms. The minimum Gasteiger partial charge on any atom is -0.385 e. The third-order valence-electron chi connectivity index (χ3n) is 2.86. The Balaban J connectivity index is 2.55. The van der Waals surface area contributed by atoms with E-state index in [0.717, 1.165) is 48.5 Å². The van der Waals surface area contributed by atoms with Gasteiger partial charge in [0.25, 0.3) is 5.91 Å². The van der Waals surface area contributed by atoms with Crippen molar-refractivity contribution in [2.45, 2.75) is 26.7 Å². The van der Waals surface area contributed by atoms with Crippen LogP contribution in [0.15, 0.2) is 18.2 Å². The van der Waals surface area contributed by atoms with Crippen molar-refractivity contribution in [3.63, 3.8) is 0 Å². The highest BCUT2D eigenvalue weighted by molar-refractivity contribution is 7.98. The third kappa shape index (κ3) is 5.55. The summed E-state index contributed by atoms with van der Waals surface area (Å²) in [5.74, 6) is 1.11. The lowest BCUT2D eigenvalue weighted by Gasteiger charge is -2.10. The summed E-state index contributed by atoms with van der Waals surface area (Å²) in [6, 6.07) is 5.91. The zero-order valence-electron chi connectivity index (χ0n) is 12.1. The van der Waals surface area contributed by atoms with Crippen LogP contribution in [0.25, 0.3) is 0 Å². The molecule has 4 heteroatoms. The predicted molar refractivity (Wildman–Crippen MR) is 85.3 cm³/mol. The van der Waals surface area contributed by atoms with Crippen LogP contribution in [-0.2, 0) is 0 Å². The lowest BCUT2D eigenvalue weighted by Crippen LogP contribution is -2.25. The van der Waals surface area contributed by atoms with Crippen LogP contribution in [0.5, 0.6) is 0 Å². The van der Waals surface area contributed by atoms with Gasteiger partial charge in [0.2, 0.25) is 0 Å². The number of rotatable bonds is 8. The van der Waals surface area contributed by atoms with E-state index in [1.165, 1.54) is 0 Å². The van der Waals surface area contributed by atoms with Gasteiger partial charge in [0.15, 0.2) is 0 Å². The zero-order chi connectivity index (χ0) is 14.1. The Hall–Kier alpha value is -1.16. The minimum absolute atomic E-state index is 0.0284. The second kappa shape index (κ2) is 8.86. The molecule has 0 aromatic heterocycles. The van der Waals surface area contributed by atoms with E-state index >= 15 is 0 Å². The summed E-state index contributed by atoms with van der Waals surface area (Å²) in [7, 11) is 0. The Morgan fingerprint density at radius 2 is 2.11 bits per heavy atom. The van der Waals surface area contributed by atoms with Crippen molar-refractivity contribution in [3.8, 4) is 0 Å². The number of aryl methyl sites for hydroxylation is 1. The second-order valence-electron chi connectivity index (χ2n) is 4.56. The first-order valence-electron chi connectivity index (χ1n) is 6.80. The van der Waals surface area contributed by atoms with E-state index in [4.69, 9.17) is 0 Å². The molecule has 1 amide bonds. The number of carbonyl (C=O) groups is 1. The molecule has 0 heterocycles. The number of anilines is 1. The SMILES string of the molecule is CCCNc1ccc(C(=O)NCCCSC)c(C)c1. The summed E-state index contributed by atoms with van der Waals surface area (Å²) in [6.45, 7) is 5.82. The van der Waals surface area contributed by atoms with Crippen LogP contribution in [0.2, 0.25) is 0 Å². The molecule has 2 N–H and O–H groups in total. The summed E-state index contributed by atoms with van der Waals surface area (Å²) in [5, 5.41) is 6.29. The Morgan fingerprint density at radius 3 is 2.74 bits per heavy atom. The molecule has 0 fully saturated rings. The van der Waals surface area contributed by atoms with E-state index < -0.39 is 0 Å². The maximum Gasteiger partial charge on any atom is 0.251 e. The van der Waals surface area contributed by atoms with Gasteiger partial charge in [0, 0.05) is 24.3 Å². The first kappa shape index (κ1) is 15.9. The van der Waals surface area contributed by atoms with Gasteiger partial charge in [-0.2, -0.15) is 11.8 Å². The molecule has 0 aliphatic carbocycles. The smallest absolute Gasteiger partial charge is 0.251 e. The molecule has 0 radical (unpaired) electrons. The highest BCUT2D eigenvalue weighted by Crippen LogP contribution is 2.15. The maximum absolute atomic E-state index is 12.0. The highest BCUT2D eigenvalue weighted by atomic mass is 32.2. The van der Waals surface area contributed by atoms with Crippen molar-refractivity contribution in [2.75, 3.05) is 30.4 Å². The quantitative estimate of drug-likeness (QED) is 0.718. The largest absolute Gasteiger partial charge is 0.385 e. The second-order valence-corrected chi connectivity index (χ2v) is 5.54. The number of hydrogen-bond donors (Lipinski definition) is 2. The van der Waals surface area contributed by atoms with Crippen LogP contribution < -0.4 is 10.6 Å². The Labute approximate surface area is 120 Å². The maximum atomic E-state index is 12.0. The van der Waals surface area contributed by atoms with Crippen molar-refractivity contribution in [2.24, 2.45) is 0 Å². The molecule has 0 unspecified atom stereocenters. The molecule has 0 atom stereocenters.